The van der Waals surface area contributed by atoms with Crippen LogP contribution in [0, 0.1) is 0 Å². The average Bonchev–Trinajstić information content (AvgIpc) is 3.52. The second-order valence-electron chi connectivity index (χ2n) is 6.41. The molecule has 0 aliphatic rings. The van der Waals surface area contributed by atoms with E-state index < -0.39 is 0 Å². The van der Waals surface area contributed by atoms with Crippen molar-refractivity contribution in [3.05, 3.63) is 64.6 Å². The molecule has 0 saturated carbocycles. The van der Waals surface area contributed by atoms with Gasteiger partial charge in [-0.15, -0.1) is 20.4 Å². The summed E-state index contributed by atoms with van der Waals surface area (Å²) >= 11 is 3.01. The number of nitrogens with one attached hydrogen (secondary N) is 1. The van der Waals surface area contributed by atoms with Gasteiger partial charge in [-0.3, -0.25) is 13.8 Å². The molecule has 152 valence electrons. The van der Waals surface area contributed by atoms with E-state index in [1.807, 2.05) is 47.7 Å². The molecule has 0 bridgehead atoms. The molecule has 0 unspecified atom stereocenters. The Labute approximate surface area is 178 Å². The Balaban J connectivity index is 1.40. The van der Waals surface area contributed by atoms with Gasteiger partial charge in [-0.05, 0) is 31.2 Å². The highest BCUT2D eigenvalue weighted by Gasteiger charge is 2.16. The third-order valence-electron chi connectivity index (χ3n) is 4.62. The Bertz CT molecular complexity index is 1370. The van der Waals surface area contributed by atoms with Crippen LogP contribution in [0.1, 0.15) is 18.5 Å². The fourth-order valence-electron chi connectivity index (χ4n) is 3.23. The van der Waals surface area contributed by atoms with Gasteiger partial charge in [-0.2, -0.15) is 0 Å². The predicted molar refractivity (Wildman–Crippen MR) is 116 cm³/mol. The van der Waals surface area contributed by atoms with Gasteiger partial charge in [0.1, 0.15) is 11.6 Å². The number of benzene rings is 1. The summed E-state index contributed by atoms with van der Waals surface area (Å²) < 4.78 is 9.72. The van der Waals surface area contributed by atoms with Gasteiger partial charge < -0.3 is 9.73 Å². The molecule has 0 aliphatic carbocycles. The fourth-order valence-corrected chi connectivity index (χ4v) is 4.89. The van der Waals surface area contributed by atoms with Gasteiger partial charge in [-0.1, -0.05) is 35.2 Å². The van der Waals surface area contributed by atoms with E-state index in [0.717, 1.165) is 26.6 Å². The van der Waals surface area contributed by atoms with Crippen LogP contribution in [0.4, 0.5) is 5.13 Å². The zero-order chi connectivity index (χ0) is 20.5. The molecule has 4 aromatic heterocycles. The maximum atomic E-state index is 12.8. The SMILES string of the molecule is CCn1c(=O)c2ccccc2n2c(CSc3nnc(NCc4ccco4)s3)nnc12. The van der Waals surface area contributed by atoms with E-state index in [4.69, 9.17) is 4.42 Å². The van der Waals surface area contributed by atoms with Crippen LogP contribution in [0.2, 0.25) is 0 Å². The van der Waals surface area contributed by atoms with Gasteiger partial charge in [0.05, 0.1) is 29.5 Å². The highest BCUT2D eigenvalue weighted by atomic mass is 32.2. The van der Waals surface area contributed by atoms with Gasteiger partial charge in [-0.25, -0.2) is 0 Å². The van der Waals surface area contributed by atoms with E-state index in [-0.39, 0.29) is 5.56 Å². The lowest BCUT2D eigenvalue weighted by molar-refractivity contribution is 0.518. The molecule has 1 aromatic carbocycles. The summed E-state index contributed by atoms with van der Waals surface area (Å²) in [7, 11) is 0. The third-order valence-corrected chi connectivity index (χ3v) is 6.63. The molecule has 0 radical (unpaired) electrons. The first-order valence-electron chi connectivity index (χ1n) is 9.32. The molecule has 1 N–H and O–H groups in total. The number of rotatable bonds is 7. The maximum absolute atomic E-state index is 12.8. The van der Waals surface area contributed by atoms with Crippen molar-refractivity contribution >= 4 is 44.9 Å². The number of nitrogens with zero attached hydrogens (tertiary/aromatic N) is 6. The molecule has 0 aliphatic heterocycles. The zero-order valence-electron chi connectivity index (χ0n) is 16.0. The molecule has 9 nitrogen and oxygen atoms in total. The van der Waals surface area contributed by atoms with Crippen LogP contribution >= 0.6 is 23.1 Å². The van der Waals surface area contributed by atoms with Crippen molar-refractivity contribution in [2.75, 3.05) is 5.32 Å². The first kappa shape index (κ1) is 18.8. The standard InChI is InChI=1S/C19H17N7O2S2/c1-2-25-16(27)13-7-3-4-8-14(13)26-15(21-23-18(25)26)11-29-19-24-22-17(30-19)20-10-12-6-5-9-28-12/h3-9H,2,10-11H2,1H3,(H,20,22). The number of hydrogen-bond acceptors (Lipinski definition) is 9. The summed E-state index contributed by atoms with van der Waals surface area (Å²) in [5.41, 5.74) is 0.754. The van der Waals surface area contributed by atoms with Crippen molar-refractivity contribution in [3.63, 3.8) is 0 Å². The molecular weight excluding hydrogens is 422 g/mol. The van der Waals surface area contributed by atoms with Crippen molar-refractivity contribution in [2.24, 2.45) is 0 Å². The summed E-state index contributed by atoms with van der Waals surface area (Å²) in [4.78, 5) is 12.8. The number of anilines is 1. The van der Waals surface area contributed by atoms with E-state index in [9.17, 15) is 4.79 Å². The van der Waals surface area contributed by atoms with Crippen LogP contribution in [-0.2, 0) is 18.8 Å². The molecule has 5 rings (SSSR count). The topological polar surface area (TPSA) is 103 Å². The van der Waals surface area contributed by atoms with Crippen LogP contribution in [0.5, 0.6) is 0 Å². The number of thioether (sulfide) groups is 1. The minimum Gasteiger partial charge on any atom is -0.467 e. The van der Waals surface area contributed by atoms with Gasteiger partial charge >= 0.3 is 0 Å². The molecular formula is C19H17N7O2S2. The van der Waals surface area contributed by atoms with Crippen LogP contribution in [-0.4, -0.2) is 29.4 Å². The Hall–Kier alpha value is -3.18. The largest absolute Gasteiger partial charge is 0.467 e. The lowest BCUT2D eigenvalue weighted by Gasteiger charge is -2.09. The number of hydrogen-bond donors (Lipinski definition) is 1. The molecule has 0 atom stereocenters. The number of para-hydroxylation sites is 1. The molecule has 11 heteroatoms. The summed E-state index contributed by atoms with van der Waals surface area (Å²) in [5.74, 6) is 2.70. The van der Waals surface area contributed by atoms with Crippen molar-refractivity contribution < 1.29 is 4.42 Å². The van der Waals surface area contributed by atoms with Crippen molar-refractivity contribution in [1.82, 2.24) is 29.4 Å². The highest BCUT2D eigenvalue weighted by Crippen LogP contribution is 2.29. The zero-order valence-corrected chi connectivity index (χ0v) is 17.6. The fraction of sp³-hybridized carbons (Fsp3) is 0.211. The Morgan fingerprint density at radius 2 is 2.03 bits per heavy atom. The van der Waals surface area contributed by atoms with Crippen LogP contribution in [0.15, 0.2) is 56.2 Å². The molecule has 0 fully saturated rings. The van der Waals surface area contributed by atoms with E-state index in [1.54, 1.807) is 10.8 Å². The minimum atomic E-state index is -0.0522. The van der Waals surface area contributed by atoms with E-state index in [0.29, 0.717) is 30.0 Å². The molecule has 4 heterocycles. The smallest absolute Gasteiger partial charge is 0.262 e. The summed E-state index contributed by atoms with van der Waals surface area (Å²) in [6, 6.07) is 11.3. The van der Waals surface area contributed by atoms with Gasteiger partial charge in [0.15, 0.2) is 4.34 Å². The Morgan fingerprint density at radius 1 is 1.13 bits per heavy atom. The monoisotopic (exact) mass is 439 g/mol. The second-order valence-corrected chi connectivity index (χ2v) is 8.61. The molecule has 5 aromatic rings. The van der Waals surface area contributed by atoms with Crippen molar-refractivity contribution in [1.29, 1.82) is 0 Å². The second kappa shape index (κ2) is 7.92. The lowest BCUT2D eigenvalue weighted by atomic mass is 10.2. The molecule has 0 saturated heterocycles. The lowest BCUT2D eigenvalue weighted by Crippen LogP contribution is -2.22. The van der Waals surface area contributed by atoms with Crippen LogP contribution < -0.4 is 10.9 Å². The average molecular weight is 440 g/mol. The molecule has 0 spiro atoms. The third kappa shape index (κ3) is 3.35. The minimum absolute atomic E-state index is 0.0522. The molecule has 30 heavy (non-hydrogen) atoms. The van der Waals surface area contributed by atoms with E-state index in [1.165, 1.54) is 23.1 Å². The van der Waals surface area contributed by atoms with Crippen LogP contribution in [0.3, 0.4) is 0 Å². The highest BCUT2D eigenvalue weighted by molar-refractivity contribution is 8.00. The summed E-state index contributed by atoms with van der Waals surface area (Å²) in [5, 5.41) is 21.6. The quantitative estimate of drug-likeness (QED) is 0.385. The first-order chi connectivity index (χ1) is 14.7. The van der Waals surface area contributed by atoms with Gasteiger partial charge in [0, 0.05) is 6.54 Å². The first-order valence-corrected chi connectivity index (χ1v) is 11.1. The van der Waals surface area contributed by atoms with E-state index in [2.05, 4.69) is 25.7 Å². The number of aromatic nitrogens is 6. The predicted octanol–water partition coefficient (Wildman–Crippen LogP) is 3.41. The van der Waals surface area contributed by atoms with Gasteiger partial charge in [0.2, 0.25) is 10.9 Å². The van der Waals surface area contributed by atoms with E-state index >= 15 is 0 Å². The Kier molecular flexibility index (Phi) is 4.97. The molecule has 0 amide bonds. The van der Waals surface area contributed by atoms with Crippen molar-refractivity contribution in [2.45, 2.75) is 30.1 Å². The number of furan rings is 1. The van der Waals surface area contributed by atoms with Crippen molar-refractivity contribution in [3.8, 4) is 0 Å². The summed E-state index contributed by atoms with van der Waals surface area (Å²) in [6.45, 7) is 3.01. The maximum Gasteiger partial charge on any atom is 0.262 e. The Morgan fingerprint density at radius 3 is 2.87 bits per heavy atom. The van der Waals surface area contributed by atoms with Crippen LogP contribution in [0.25, 0.3) is 16.7 Å². The summed E-state index contributed by atoms with van der Waals surface area (Å²) in [6.07, 6.45) is 1.64. The van der Waals surface area contributed by atoms with Gasteiger partial charge in [0.25, 0.3) is 5.56 Å². The normalized spacial score (nSPS) is 11.5. The number of aryl methyl sites for hydroxylation is 1. The number of fused-ring (bicyclic) bond motifs is 3.